The van der Waals surface area contributed by atoms with Crippen molar-refractivity contribution < 1.29 is 22.8 Å². The van der Waals surface area contributed by atoms with Crippen LogP contribution in [0.1, 0.15) is 38.9 Å². The van der Waals surface area contributed by atoms with E-state index < -0.39 is 22.2 Å². The molecule has 14 heteroatoms. The second-order valence-corrected chi connectivity index (χ2v) is 13.3. The van der Waals surface area contributed by atoms with Gasteiger partial charge in [-0.05, 0) is 30.2 Å². The summed E-state index contributed by atoms with van der Waals surface area (Å²) in [5.74, 6) is 1.07. The normalized spacial score (nSPS) is 16.6. The Balaban J connectivity index is 1.23. The van der Waals surface area contributed by atoms with Crippen LogP contribution in [-0.4, -0.2) is 69.7 Å². The number of aromatic nitrogens is 4. The molecule has 5 rings (SSSR count). The number of thiazole rings is 1. The van der Waals surface area contributed by atoms with Gasteiger partial charge in [0.2, 0.25) is 15.9 Å². The number of urea groups is 1. The number of hydrogen-bond donors (Lipinski definition) is 3. The number of rotatable bonds is 7. The van der Waals surface area contributed by atoms with Crippen molar-refractivity contribution in [3.05, 3.63) is 48.4 Å². The Labute approximate surface area is 229 Å². The monoisotopic (exact) mass is 571 g/mol. The van der Waals surface area contributed by atoms with Crippen LogP contribution in [0, 0.1) is 0 Å². The number of nitrogens with zero attached hydrogens (tertiary/aromatic N) is 5. The van der Waals surface area contributed by atoms with E-state index in [1.54, 1.807) is 12.3 Å². The van der Waals surface area contributed by atoms with E-state index in [2.05, 4.69) is 30.7 Å². The molecule has 206 valence electrons. The first-order valence-electron chi connectivity index (χ1n) is 12.4. The average Bonchev–Trinajstić information content (AvgIpc) is 3.63. The summed E-state index contributed by atoms with van der Waals surface area (Å²) in [4.78, 5) is 25.4. The van der Waals surface area contributed by atoms with Crippen molar-refractivity contribution in [1.29, 1.82) is 0 Å². The second kappa shape index (κ2) is 10.6. The molecule has 0 bridgehead atoms. The highest BCUT2D eigenvalue weighted by molar-refractivity contribution is 7.89. The SMILES string of the molecule is CC(C)(C)c1nc(CCNC(=O)Nc2nc3ccc(-c4cncc(S(=O)(=O)N5CCC(O)C5)c4)cc3s2)no1. The molecule has 0 radical (unpaired) electrons. The lowest BCUT2D eigenvalue weighted by Gasteiger charge is -2.16. The number of aliphatic hydroxyl groups excluding tert-OH is 1. The Morgan fingerprint density at radius 2 is 2.03 bits per heavy atom. The molecule has 0 saturated carbocycles. The van der Waals surface area contributed by atoms with E-state index in [-0.39, 0.29) is 23.4 Å². The van der Waals surface area contributed by atoms with Gasteiger partial charge < -0.3 is 14.9 Å². The molecule has 12 nitrogen and oxygen atoms in total. The Hall–Kier alpha value is -3.46. The fourth-order valence-electron chi connectivity index (χ4n) is 4.04. The zero-order chi connectivity index (χ0) is 27.8. The minimum Gasteiger partial charge on any atom is -0.392 e. The van der Waals surface area contributed by atoms with Crippen LogP contribution in [0.25, 0.3) is 21.3 Å². The van der Waals surface area contributed by atoms with Crippen molar-refractivity contribution in [2.45, 2.75) is 50.0 Å². The van der Waals surface area contributed by atoms with Crippen LogP contribution < -0.4 is 10.6 Å². The van der Waals surface area contributed by atoms with E-state index in [4.69, 9.17) is 4.52 Å². The number of hydrogen-bond acceptors (Lipinski definition) is 10. The zero-order valence-electron chi connectivity index (χ0n) is 21.7. The number of nitrogens with one attached hydrogen (secondary N) is 2. The molecule has 1 fully saturated rings. The highest BCUT2D eigenvalue weighted by atomic mass is 32.2. The highest BCUT2D eigenvalue weighted by Crippen LogP contribution is 2.31. The molecule has 4 aromatic rings. The van der Waals surface area contributed by atoms with Crippen molar-refractivity contribution in [3.8, 4) is 11.1 Å². The van der Waals surface area contributed by atoms with Gasteiger partial charge in [-0.2, -0.15) is 9.29 Å². The summed E-state index contributed by atoms with van der Waals surface area (Å²) in [5, 5.41) is 19.6. The Morgan fingerprint density at radius 3 is 2.74 bits per heavy atom. The van der Waals surface area contributed by atoms with Gasteiger partial charge in [-0.3, -0.25) is 10.3 Å². The molecule has 1 aromatic carbocycles. The summed E-state index contributed by atoms with van der Waals surface area (Å²) >= 11 is 1.30. The van der Waals surface area contributed by atoms with Crippen LogP contribution in [0.5, 0.6) is 0 Å². The quantitative estimate of drug-likeness (QED) is 0.302. The van der Waals surface area contributed by atoms with E-state index in [0.717, 1.165) is 10.3 Å². The third-order valence-electron chi connectivity index (χ3n) is 6.16. The summed E-state index contributed by atoms with van der Waals surface area (Å²) in [6, 6.07) is 6.70. The minimum absolute atomic E-state index is 0.0768. The van der Waals surface area contributed by atoms with Crippen molar-refractivity contribution in [2.75, 3.05) is 25.0 Å². The van der Waals surface area contributed by atoms with E-state index in [9.17, 15) is 18.3 Å². The average molecular weight is 572 g/mol. The van der Waals surface area contributed by atoms with Crippen molar-refractivity contribution in [3.63, 3.8) is 0 Å². The lowest BCUT2D eigenvalue weighted by molar-refractivity contribution is 0.189. The first-order chi connectivity index (χ1) is 18.5. The van der Waals surface area contributed by atoms with Crippen LogP contribution in [0.15, 0.2) is 46.1 Å². The molecule has 1 atom stereocenters. The maximum Gasteiger partial charge on any atom is 0.321 e. The number of sulfonamides is 1. The number of aliphatic hydroxyl groups is 1. The molecule has 0 spiro atoms. The molecule has 4 heterocycles. The number of carbonyl (C=O) groups is 1. The molecule has 1 saturated heterocycles. The predicted octanol–water partition coefficient (Wildman–Crippen LogP) is 3.16. The third-order valence-corrected chi connectivity index (χ3v) is 8.93. The Kier molecular flexibility index (Phi) is 7.37. The van der Waals surface area contributed by atoms with Gasteiger partial charge in [-0.25, -0.2) is 18.2 Å². The summed E-state index contributed by atoms with van der Waals surface area (Å²) in [5.41, 5.74) is 1.86. The van der Waals surface area contributed by atoms with E-state index in [1.165, 1.54) is 21.8 Å². The largest absolute Gasteiger partial charge is 0.392 e. The topological polar surface area (TPSA) is 163 Å². The fourth-order valence-corrected chi connectivity index (χ4v) is 6.43. The number of anilines is 1. The van der Waals surface area contributed by atoms with E-state index in [1.807, 2.05) is 39.0 Å². The molecule has 3 aromatic heterocycles. The number of benzene rings is 1. The minimum atomic E-state index is -3.75. The van der Waals surface area contributed by atoms with Crippen LogP contribution in [0.4, 0.5) is 9.93 Å². The molecular formula is C25H29N7O5S2. The Bertz CT molecular complexity index is 1610. The maximum atomic E-state index is 13.0. The molecule has 3 N–H and O–H groups in total. The van der Waals surface area contributed by atoms with Crippen LogP contribution in [-0.2, 0) is 21.9 Å². The zero-order valence-corrected chi connectivity index (χ0v) is 23.3. The molecule has 1 unspecified atom stereocenters. The third kappa shape index (κ3) is 6.08. The number of pyridine rings is 1. The smallest absolute Gasteiger partial charge is 0.321 e. The summed E-state index contributed by atoms with van der Waals surface area (Å²) in [7, 11) is -3.75. The number of amides is 2. The highest BCUT2D eigenvalue weighted by Gasteiger charge is 2.32. The van der Waals surface area contributed by atoms with Gasteiger partial charge >= 0.3 is 6.03 Å². The molecule has 1 aliphatic rings. The molecular weight excluding hydrogens is 542 g/mol. The predicted molar refractivity (Wildman–Crippen MR) is 146 cm³/mol. The Morgan fingerprint density at radius 1 is 1.21 bits per heavy atom. The van der Waals surface area contributed by atoms with Gasteiger partial charge in [0, 0.05) is 49.4 Å². The van der Waals surface area contributed by atoms with Gasteiger partial charge in [0.25, 0.3) is 0 Å². The molecule has 2 amide bonds. The number of fused-ring (bicyclic) bond motifs is 1. The van der Waals surface area contributed by atoms with Gasteiger partial charge in [0.15, 0.2) is 11.0 Å². The van der Waals surface area contributed by atoms with E-state index >= 15 is 0 Å². The molecule has 0 aliphatic carbocycles. The standard InChI is InChI=1S/C25H29N7O5S2/c1-25(2,3)22-29-21(31-37-22)6-8-27-23(34)30-24-28-19-5-4-15(11-20(19)38-24)16-10-18(13-26-12-16)39(35,36)32-9-7-17(33)14-32/h4-5,10-13,17,33H,6-9,14H2,1-3H3,(H2,27,28,30,34). The number of carbonyl (C=O) groups excluding carboxylic acids is 1. The van der Waals surface area contributed by atoms with Crippen molar-refractivity contribution in [2.24, 2.45) is 0 Å². The van der Waals surface area contributed by atoms with E-state index in [0.29, 0.717) is 47.3 Å². The van der Waals surface area contributed by atoms with Gasteiger partial charge in [0.1, 0.15) is 4.90 Å². The summed E-state index contributed by atoms with van der Waals surface area (Å²) < 4.78 is 33.3. The van der Waals surface area contributed by atoms with Gasteiger partial charge in [-0.15, -0.1) is 0 Å². The van der Waals surface area contributed by atoms with Gasteiger partial charge in [0.05, 0.1) is 16.3 Å². The van der Waals surface area contributed by atoms with Crippen LogP contribution in [0.3, 0.4) is 0 Å². The fraction of sp³-hybridized carbons (Fsp3) is 0.400. The van der Waals surface area contributed by atoms with Crippen molar-refractivity contribution in [1.82, 2.24) is 29.7 Å². The summed E-state index contributed by atoms with van der Waals surface area (Å²) in [6.07, 6.45) is 3.11. The second-order valence-electron chi connectivity index (χ2n) is 10.3. The lowest BCUT2D eigenvalue weighted by atomic mass is 9.97. The molecule has 1 aliphatic heterocycles. The number of β-amino-alcohol motifs (C(OH)–C–C–N with tert-alkyl or cyclic N) is 1. The first-order valence-corrected chi connectivity index (χ1v) is 14.7. The van der Waals surface area contributed by atoms with Crippen LogP contribution in [0.2, 0.25) is 0 Å². The maximum absolute atomic E-state index is 13.0. The van der Waals surface area contributed by atoms with Crippen LogP contribution >= 0.6 is 11.3 Å². The first kappa shape index (κ1) is 27.1. The molecule has 39 heavy (non-hydrogen) atoms. The summed E-state index contributed by atoms with van der Waals surface area (Å²) in [6.45, 7) is 6.64. The van der Waals surface area contributed by atoms with Gasteiger partial charge in [-0.1, -0.05) is 43.3 Å². The lowest BCUT2D eigenvalue weighted by Crippen LogP contribution is -2.30. The van der Waals surface area contributed by atoms with Crippen molar-refractivity contribution >= 4 is 42.7 Å².